The van der Waals surface area contributed by atoms with Crippen molar-refractivity contribution in [3.05, 3.63) is 23.7 Å². The predicted molar refractivity (Wildman–Crippen MR) is 57.5 cm³/mol. The normalized spacial score (nSPS) is 25.3. The minimum Gasteiger partial charge on any atom is -0.467 e. The molecule has 18 heavy (non-hydrogen) atoms. The average Bonchev–Trinajstić information content (AvgIpc) is 2.98. The number of fused-ring (bicyclic) bond motifs is 1. The fraction of sp³-hybridized carbons (Fsp3) is 0.364. The van der Waals surface area contributed by atoms with Gasteiger partial charge >= 0.3 is 0 Å². The maximum atomic E-state index is 11.7. The molecule has 2 aliphatic rings. The van der Waals surface area contributed by atoms with E-state index in [0.717, 1.165) is 0 Å². The van der Waals surface area contributed by atoms with Gasteiger partial charge in [-0.05, 0) is 12.5 Å². The van der Waals surface area contributed by atoms with Crippen LogP contribution >= 0.6 is 0 Å². The first-order valence-electron chi connectivity index (χ1n) is 5.55. The molecular weight excluding hydrogens is 238 g/mol. The van der Waals surface area contributed by atoms with Crippen LogP contribution in [0.5, 0.6) is 0 Å². The molecule has 0 bridgehead atoms. The van der Waals surface area contributed by atoms with E-state index in [1.165, 1.54) is 17.2 Å². The van der Waals surface area contributed by atoms with Gasteiger partial charge in [-0.1, -0.05) is 0 Å². The number of hydrazine groups is 1. The fourth-order valence-electron chi connectivity index (χ4n) is 2.23. The number of likely N-dealkylation sites (tertiary alicyclic amines) is 1. The van der Waals surface area contributed by atoms with Crippen LogP contribution in [-0.2, 0) is 16.1 Å². The second-order valence-corrected chi connectivity index (χ2v) is 4.49. The summed E-state index contributed by atoms with van der Waals surface area (Å²) >= 11 is 0. The molecule has 3 N–H and O–H groups in total. The molecule has 1 saturated carbocycles. The summed E-state index contributed by atoms with van der Waals surface area (Å²) in [5, 5.41) is 0. The summed E-state index contributed by atoms with van der Waals surface area (Å²) in [5.41, 5.74) is 2.23. The highest BCUT2D eigenvalue weighted by atomic mass is 16.3. The minimum absolute atomic E-state index is 0.0719. The van der Waals surface area contributed by atoms with Crippen molar-refractivity contribution in [3.63, 3.8) is 0 Å². The number of piperidine rings is 1. The third-order valence-electron chi connectivity index (χ3n) is 3.32. The molecular formula is C11H11N3O4. The van der Waals surface area contributed by atoms with Gasteiger partial charge in [0, 0.05) is 0 Å². The first-order valence-corrected chi connectivity index (χ1v) is 5.55. The third-order valence-corrected chi connectivity index (χ3v) is 3.32. The van der Waals surface area contributed by atoms with E-state index in [0.29, 0.717) is 12.2 Å². The average molecular weight is 249 g/mol. The van der Waals surface area contributed by atoms with Crippen molar-refractivity contribution in [2.45, 2.75) is 13.0 Å². The Morgan fingerprint density at radius 3 is 2.72 bits per heavy atom. The second kappa shape index (κ2) is 3.67. The van der Waals surface area contributed by atoms with Crippen molar-refractivity contribution in [1.29, 1.82) is 0 Å². The van der Waals surface area contributed by atoms with Crippen molar-refractivity contribution < 1.29 is 18.8 Å². The molecule has 3 rings (SSSR count). The number of imide groups is 1. The van der Waals surface area contributed by atoms with Gasteiger partial charge in [-0.3, -0.25) is 24.7 Å². The van der Waals surface area contributed by atoms with E-state index < -0.39 is 5.91 Å². The van der Waals surface area contributed by atoms with E-state index in [4.69, 9.17) is 10.3 Å². The number of nitrogens with zero attached hydrogens (tertiary/aromatic N) is 1. The molecule has 7 nitrogen and oxygen atoms in total. The van der Waals surface area contributed by atoms with E-state index in [1.807, 2.05) is 5.43 Å². The Kier molecular flexibility index (Phi) is 2.24. The van der Waals surface area contributed by atoms with E-state index in [2.05, 4.69) is 0 Å². The van der Waals surface area contributed by atoms with Crippen LogP contribution in [0.15, 0.2) is 16.7 Å². The van der Waals surface area contributed by atoms with Crippen LogP contribution in [-0.4, -0.2) is 22.6 Å². The Balaban J connectivity index is 1.73. The Morgan fingerprint density at radius 2 is 2.11 bits per heavy atom. The minimum atomic E-state index is -0.480. The highest BCUT2D eigenvalue weighted by molar-refractivity contribution is 6.08. The number of furan rings is 1. The van der Waals surface area contributed by atoms with E-state index in [9.17, 15) is 14.4 Å². The predicted octanol–water partition coefficient (Wildman–Crippen LogP) is -0.612. The zero-order valence-corrected chi connectivity index (χ0v) is 9.38. The molecule has 2 fully saturated rings. The van der Waals surface area contributed by atoms with Gasteiger partial charge < -0.3 is 4.42 Å². The Hall–Kier alpha value is -2.15. The number of hydrogen-bond acceptors (Lipinski definition) is 5. The molecule has 1 aromatic heterocycles. The van der Waals surface area contributed by atoms with Gasteiger partial charge in [0.05, 0.1) is 23.9 Å². The fourth-order valence-corrected chi connectivity index (χ4v) is 2.23. The summed E-state index contributed by atoms with van der Waals surface area (Å²) in [6, 6.07) is 1.46. The second-order valence-electron chi connectivity index (χ2n) is 4.49. The Bertz CT molecular complexity index is 530. The lowest BCUT2D eigenvalue weighted by molar-refractivity contribution is -0.142. The zero-order valence-electron chi connectivity index (χ0n) is 9.38. The molecule has 2 heterocycles. The van der Waals surface area contributed by atoms with Gasteiger partial charge in [-0.2, -0.15) is 0 Å². The highest BCUT2D eigenvalue weighted by Crippen LogP contribution is 2.47. The number of carbonyl (C=O) groups is 3. The maximum absolute atomic E-state index is 11.7. The summed E-state index contributed by atoms with van der Waals surface area (Å²) in [6.45, 7) is 0.0719. The number of rotatable bonds is 3. The van der Waals surface area contributed by atoms with Crippen LogP contribution in [0.4, 0.5) is 0 Å². The molecule has 2 atom stereocenters. The molecule has 1 aliphatic heterocycles. The topological polar surface area (TPSA) is 106 Å². The first kappa shape index (κ1) is 11.0. The summed E-state index contributed by atoms with van der Waals surface area (Å²) in [5.74, 6) is 4.35. The van der Waals surface area contributed by atoms with Gasteiger partial charge in [0.1, 0.15) is 12.0 Å². The third kappa shape index (κ3) is 1.52. The Labute approximate surface area is 102 Å². The lowest BCUT2D eigenvalue weighted by atomic mass is 10.3. The van der Waals surface area contributed by atoms with Gasteiger partial charge in [-0.25, -0.2) is 5.84 Å². The smallest absolute Gasteiger partial charge is 0.268 e. The largest absolute Gasteiger partial charge is 0.467 e. The van der Waals surface area contributed by atoms with Gasteiger partial charge in [0.25, 0.3) is 5.91 Å². The number of amides is 3. The molecule has 0 spiro atoms. The molecule has 94 valence electrons. The summed E-state index contributed by atoms with van der Waals surface area (Å²) in [4.78, 5) is 35.8. The molecule has 1 aliphatic carbocycles. The number of hydrogen-bond donors (Lipinski definition) is 2. The van der Waals surface area contributed by atoms with E-state index in [-0.39, 0.29) is 35.8 Å². The quantitative estimate of drug-likeness (QED) is 0.321. The molecule has 2 unspecified atom stereocenters. The van der Waals surface area contributed by atoms with Crippen LogP contribution in [0, 0.1) is 11.8 Å². The van der Waals surface area contributed by atoms with Gasteiger partial charge in [0.2, 0.25) is 11.8 Å². The van der Waals surface area contributed by atoms with Crippen molar-refractivity contribution in [1.82, 2.24) is 10.3 Å². The number of nitrogens with one attached hydrogen (secondary N) is 1. The van der Waals surface area contributed by atoms with Crippen LogP contribution in [0.25, 0.3) is 0 Å². The van der Waals surface area contributed by atoms with Crippen LogP contribution in [0.2, 0.25) is 0 Å². The molecule has 0 radical (unpaired) electrons. The lowest BCUT2D eigenvalue weighted by Crippen LogP contribution is -2.32. The van der Waals surface area contributed by atoms with Crippen molar-refractivity contribution >= 4 is 17.7 Å². The zero-order chi connectivity index (χ0) is 12.9. The number of nitrogen functional groups attached to an aromatic ring is 1. The lowest BCUT2D eigenvalue weighted by Gasteiger charge is -2.14. The van der Waals surface area contributed by atoms with Crippen molar-refractivity contribution in [2.75, 3.05) is 0 Å². The van der Waals surface area contributed by atoms with Crippen LogP contribution < -0.4 is 11.3 Å². The summed E-state index contributed by atoms with van der Waals surface area (Å²) < 4.78 is 5.13. The maximum Gasteiger partial charge on any atom is 0.268 e. The molecule has 1 aromatic rings. The van der Waals surface area contributed by atoms with Gasteiger partial charge in [-0.15, -0.1) is 0 Å². The van der Waals surface area contributed by atoms with Crippen molar-refractivity contribution in [2.24, 2.45) is 17.7 Å². The SMILES string of the molecule is NNC(=O)c1coc(CN2C(=O)C3CC3C2=O)c1. The monoisotopic (exact) mass is 249 g/mol. The number of nitrogens with two attached hydrogens (primary N) is 1. The Morgan fingerprint density at radius 1 is 1.44 bits per heavy atom. The summed E-state index contributed by atoms with van der Waals surface area (Å²) in [7, 11) is 0. The first-order chi connectivity index (χ1) is 8.61. The van der Waals surface area contributed by atoms with Crippen LogP contribution in [0.1, 0.15) is 22.5 Å². The van der Waals surface area contributed by atoms with E-state index >= 15 is 0 Å². The van der Waals surface area contributed by atoms with Gasteiger partial charge in [0.15, 0.2) is 0 Å². The molecule has 7 heteroatoms. The highest BCUT2D eigenvalue weighted by Gasteiger charge is 2.58. The van der Waals surface area contributed by atoms with Crippen LogP contribution in [0.3, 0.4) is 0 Å². The summed E-state index contributed by atoms with van der Waals surface area (Å²) in [6.07, 6.45) is 1.91. The number of carbonyl (C=O) groups excluding carboxylic acids is 3. The van der Waals surface area contributed by atoms with Crippen molar-refractivity contribution in [3.8, 4) is 0 Å². The van der Waals surface area contributed by atoms with E-state index in [1.54, 1.807) is 0 Å². The molecule has 3 amide bonds. The standard InChI is InChI=1S/C11H11N3O4/c12-13-9(15)5-1-6(18-4-5)3-14-10(16)7-2-8(7)11(14)17/h1,4,7-8H,2-3,12H2,(H,13,15). The molecule has 1 saturated heterocycles. The molecule has 0 aromatic carbocycles.